The number of para-hydroxylation sites is 2. The van der Waals surface area contributed by atoms with Crippen LogP contribution in [0.5, 0.6) is 5.75 Å². The highest BCUT2D eigenvalue weighted by Crippen LogP contribution is 2.30. The van der Waals surface area contributed by atoms with Crippen LogP contribution >= 0.6 is 23.2 Å². The lowest BCUT2D eigenvalue weighted by molar-refractivity contribution is -0.140. The number of benzene rings is 3. The van der Waals surface area contributed by atoms with Gasteiger partial charge in [-0.05, 0) is 49.2 Å². The average Bonchev–Trinajstić information content (AvgIpc) is 2.90. The lowest BCUT2D eigenvalue weighted by atomic mass is 10.0. The molecule has 3 aromatic carbocycles. The third-order valence-electron chi connectivity index (χ3n) is 6.07. The molecule has 0 aromatic heterocycles. The van der Waals surface area contributed by atoms with Crippen molar-refractivity contribution in [2.75, 3.05) is 24.2 Å². The normalized spacial score (nSPS) is 12.1. The summed E-state index contributed by atoms with van der Waals surface area (Å²) in [5.41, 5.74) is 1.67. The zero-order valence-corrected chi connectivity index (χ0v) is 25.1. The fourth-order valence-corrected chi connectivity index (χ4v) is 5.37. The van der Waals surface area contributed by atoms with Gasteiger partial charge in [0.25, 0.3) is 0 Å². The number of hydrogen-bond donors (Lipinski definition) is 1. The van der Waals surface area contributed by atoms with Crippen molar-refractivity contribution in [3.63, 3.8) is 0 Å². The van der Waals surface area contributed by atoms with Crippen molar-refractivity contribution in [3.8, 4) is 5.75 Å². The van der Waals surface area contributed by atoms with Gasteiger partial charge in [0.1, 0.15) is 18.3 Å². The van der Waals surface area contributed by atoms with Crippen molar-refractivity contribution in [1.29, 1.82) is 0 Å². The van der Waals surface area contributed by atoms with E-state index in [-0.39, 0.29) is 36.4 Å². The number of sulfonamides is 1. The molecule has 0 aliphatic carbocycles. The van der Waals surface area contributed by atoms with Crippen molar-refractivity contribution in [2.24, 2.45) is 0 Å². The number of rotatable bonds is 12. The van der Waals surface area contributed by atoms with Gasteiger partial charge in [-0.25, -0.2) is 8.42 Å². The van der Waals surface area contributed by atoms with Gasteiger partial charge < -0.3 is 15.0 Å². The predicted octanol–water partition coefficient (Wildman–Crippen LogP) is 4.93. The smallest absolute Gasteiger partial charge is 0.244 e. The highest BCUT2D eigenvalue weighted by molar-refractivity contribution is 7.92. The average molecular weight is 607 g/mol. The number of carbonyl (C=O) groups is 2. The molecule has 0 radical (unpaired) electrons. The Labute approximate surface area is 245 Å². The van der Waals surface area contributed by atoms with E-state index >= 15 is 0 Å². The van der Waals surface area contributed by atoms with Crippen LogP contribution in [0.25, 0.3) is 0 Å². The van der Waals surface area contributed by atoms with Gasteiger partial charge in [-0.15, -0.1) is 0 Å². The van der Waals surface area contributed by atoms with E-state index in [1.54, 1.807) is 42.5 Å². The SMILES string of the molecule is COc1ccccc1N(CC(=O)N(Cc1ccc(Cl)c(Cl)c1)[C@H](Cc1ccccc1)C(=O)NC(C)C)S(C)(=O)=O. The van der Waals surface area contributed by atoms with Gasteiger partial charge >= 0.3 is 0 Å². The Morgan fingerprint density at radius 3 is 2.17 bits per heavy atom. The molecule has 0 fully saturated rings. The molecule has 3 rings (SSSR count). The summed E-state index contributed by atoms with van der Waals surface area (Å²) >= 11 is 12.4. The van der Waals surface area contributed by atoms with Crippen LogP contribution in [0.15, 0.2) is 72.8 Å². The fraction of sp³-hybridized carbons (Fsp3) is 0.310. The second-order valence-corrected chi connectivity index (χ2v) is 12.3. The maximum atomic E-state index is 14.1. The summed E-state index contributed by atoms with van der Waals surface area (Å²) in [4.78, 5) is 29.0. The Balaban J connectivity index is 2.10. The molecule has 8 nitrogen and oxygen atoms in total. The largest absolute Gasteiger partial charge is 0.495 e. The third-order valence-corrected chi connectivity index (χ3v) is 7.94. The number of nitrogens with one attached hydrogen (secondary N) is 1. The summed E-state index contributed by atoms with van der Waals surface area (Å²) in [6, 6.07) is 19.6. The van der Waals surface area contributed by atoms with Crippen LogP contribution in [0.2, 0.25) is 10.0 Å². The topological polar surface area (TPSA) is 96.0 Å². The van der Waals surface area contributed by atoms with E-state index in [1.807, 2.05) is 44.2 Å². The molecule has 0 aliphatic heterocycles. The van der Waals surface area contributed by atoms with E-state index in [0.717, 1.165) is 16.1 Å². The molecular weight excluding hydrogens is 573 g/mol. The molecule has 11 heteroatoms. The summed E-state index contributed by atoms with van der Waals surface area (Å²) in [5, 5.41) is 3.55. The predicted molar refractivity (Wildman–Crippen MR) is 159 cm³/mol. The van der Waals surface area contributed by atoms with Crippen LogP contribution in [0.4, 0.5) is 5.69 Å². The van der Waals surface area contributed by atoms with Gasteiger partial charge in [-0.3, -0.25) is 13.9 Å². The van der Waals surface area contributed by atoms with E-state index in [2.05, 4.69) is 5.32 Å². The van der Waals surface area contributed by atoms with Crippen LogP contribution in [0.1, 0.15) is 25.0 Å². The first kappa shape index (κ1) is 31.3. The maximum absolute atomic E-state index is 14.1. The van der Waals surface area contributed by atoms with Gasteiger partial charge in [0.2, 0.25) is 21.8 Å². The van der Waals surface area contributed by atoms with Crippen LogP contribution in [0.3, 0.4) is 0 Å². The van der Waals surface area contributed by atoms with Crippen LogP contribution in [-0.2, 0) is 32.6 Å². The van der Waals surface area contributed by atoms with Crippen LogP contribution in [0, 0.1) is 0 Å². The van der Waals surface area contributed by atoms with Gasteiger partial charge in [-0.2, -0.15) is 0 Å². The molecule has 1 N–H and O–H groups in total. The number of anilines is 1. The lowest BCUT2D eigenvalue weighted by Gasteiger charge is -2.34. The Hall–Kier alpha value is -3.27. The van der Waals surface area contributed by atoms with Crippen molar-refractivity contribution in [1.82, 2.24) is 10.2 Å². The number of halogens is 2. The number of methoxy groups -OCH3 is 1. The summed E-state index contributed by atoms with van der Waals surface area (Å²) < 4.78 is 32.2. The fourth-order valence-electron chi connectivity index (χ4n) is 4.20. The third kappa shape index (κ3) is 8.36. The first-order valence-electron chi connectivity index (χ1n) is 12.6. The molecule has 3 aromatic rings. The maximum Gasteiger partial charge on any atom is 0.244 e. The van der Waals surface area contributed by atoms with Gasteiger partial charge in [0, 0.05) is 19.0 Å². The Kier molecular flexibility index (Phi) is 10.8. The Morgan fingerprint density at radius 1 is 0.925 bits per heavy atom. The molecule has 0 unspecified atom stereocenters. The molecule has 0 aliphatic rings. The van der Waals surface area contributed by atoms with E-state index in [4.69, 9.17) is 27.9 Å². The van der Waals surface area contributed by atoms with Crippen molar-refractivity contribution >= 4 is 50.7 Å². The molecule has 0 saturated carbocycles. The Bertz CT molecular complexity index is 1430. The summed E-state index contributed by atoms with van der Waals surface area (Å²) in [7, 11) is -2.50. The second-order valence-electron chi connectivity index (χ2n) is 9.58. The molecule has 214 valence electrons. The molecule has 0 bridgehead atoms. The summed E-state index contributed by atoms with van der Waals surface area (Å²) in [5.74, 6) is -0.659. The second kappa shape index (κ2) is 13.9. The van der Waals surface area contributed by atoms with E-state index < -0.39 is 28.5 Å². The highest BCUT2D eigenvalue weighted by atomic mass is 35.5. The van der Waals surface area contributed by atoms with Gasteiger partial charge in [-0.1, -0.05) is 71.7 Å². The molecule has 2 amide bonds. The van der Waals surface area contributed by atoms with E-state index in [1.165, 1.54) is 12.0 Å². The highest BCUT2D eigenvalue weighted by Gasteiger charge is 2.34. The lowest BCUT2D eigenvalue weighted by Crippen LogP contribution is -2.54. The number of amides is 2. The van der Waals surface area contributed by atoms with Crippen LogP contribution in [-0.4, -0.2) is 57.1 Å². The minimum absolute atomic E-state index is 0.0116. The molecular formula is C29H33Cl2N3O5S. The molecule has 40 heavy (non-hydrogen) atoms. The number of ether oxygens (including phenoxy) is 1. The first-order chi connectivity index (χ1) is 18.9. The number of carbonyl (C=O) groups excluding carboxylic acids is 2. The molecule has 0 saturated heterocycles. The van der Waals surface area contributed by atoms with Gasteiger partial charge in [0.05, 0.1) is 29.1 Å². The zero-order valence-electron chi connectivity index (χ0n) is 22.8. The minimum Gasteiger partial charge on any atom is -0.495 e. The van der Waals surface area contributed by atoms with Crippen molar-refractivity contribution in [2.45, 2.75) is 38.9 Å². The zero-order chi connectivity index (χ0) is 29.4. The Morgan fingerprint density at radius 2 is 1.57 bits per heavy atom. The number of nitrogens with zero attached hydrogens (tertiary/aromatic N) is 2. The van der Waals surface area contributed by atoms with E-state index in [0.29, 0.717) is 15.6 Å². The van der Waals surface area contributed by atoms with Gasteiger partial charge in [0.15, 0.2) is 0 Å². The molecule has 1 atom stereocenters. The molecule has 0 heterocycles. The van der Waals surface area contributed by atoms with Crippen LogP contribution < -0.4 is 14.4 Å². The summed E-state index contributed by atoms with van der Waals surface area (Å²) in [6.07, 6.45) is 1.23. The quantitative estimate of drug-likeness (QED) is 0.316. The standard InChI is InChI=1S/C29H33Cl2N3O5S/c1-20(2)32-29(36)26(17-21-10-6-5-7-11-21)33(18-22-14-15-23(30)24(31)16-22)28(35)19-34(40(4,37)38)25-12-8-9-13-27(25)39-3/h5-16,20,26H,17-19H2,1-4H3,(H,32,36)/t26-/m1/s1. The van der Waals surface area contributed by atoms with Crippen molar-refractivity contribution < 1.29 is 22.7 Å². The number of hydrogen-bond acceptors (Lipinski definition) is 5. The summed E-state index contributed by atoms with van der Waals surface area (Å²) in [6.45, 7) is 3.09. The first-order valence-corrected chi connectivity index (χ1v) is 15.2. The van der Waals surface area contributed by atoms with Crippen molar-refractivity contribution in [3.05, 3.63) is 94.0 Å². The monoisotopic (exact) mass is 605 g/mol. The molecule has 0 spiro atoms. The van der Waals surface area contributed by atoms with E-state index in [9.17, 15) is 18.0 Å². The minimum atomic E-state index is -3.92.